The van der Waals surface area contributed by atoms with Crippen molar-refractivity contribution in [1.82, 2.24) is 4.31 Å². The van der Waals surface area contributed by atoms with Crippen molar-refractivity contribution in [3.8, 4) is 17.2 Å². The molecule has 1 saturated carbocycles. The number of nitrogens with zero attached hydrogens (tertiary/aromatic N) is 2. The van der Waals surface area contributed by atoms with E-state index < -0.39 is 20.9 Å². The zero-order valence-corrected chi connectivity index (χ0v) is 40.1. The number of rotatable bonds is 16. The summed E-state index contributed by atoms with van der Waals surface area (Å²) in [4.78, 5) is 15.8. The van der Waals surface area contributed by atoms with Crippen LogP contribution in [-0.2, 0) is 45.6 Å². The quantitative estimate of drug-likeness (QED) is 0.0803. The lowest BCUT2D eigenvalue weighted by Gasteiger charge is -2.46. The monoisotopic (exact) mass is 912 g/mol. The molecule has 0 amide bonds. The van der Waals surface area contributed by atoms with E-state index in [4.69, 9.17) is 35.3 Å². The van der Waals surface area contributed by atoms with Crippen LogP contribution in [0.15, 0.2) is 96.6 Å². The lowest BCUT2D eigenvalue weighted by atomic mass is 9.65. The first kappa shape index (κ1) is 47.4. The molecule has 4 aromatic rings. The molecule has 1 fully saturated rings. The number of aryl methyl sites for hydroxylation is 1. The highest BCUT2D eigenvalue weighted by Gasteiger charge is 2.43. The van der Waals surface area contributed by atoms with Gasteiger partial charge in [0.15, 0.2) is 0 Å². The van der Waals surface area contributed by atoms with Crippen LogP contribution in [0.2, 0.25) is 5.02 Å². The Hall–Kier alpha value is -4.55. The maximum absolute atomic E-state index is 14.4. The summed E-state index contributed by atoms with van der Waals surface area (Å²) in [6.07, 6.45) is 8.36. The van der Waals surface area contributed by atoms with Gasteiger partial charge in [-0.3, -0.25) is 0 Å². The standard InChI is InChI=1S/C52H65ClN2O8S/c1-35(64(57,58)55(31-36-11-19-45(59-5)20-12-36)32-37-13-21-46(60-6)22-14-37)26-38-27-43(28-38)50(61-7)47-23-16-42(47)34-54-33-41-15-18-44(53)29-39(41)10-8-9-25-62-49-24-17-40(30-48(49)54)51(56)63-52(2,3)4/h11-15,17-22,24,27,29-30,35,38,42,47,50H,8-10,16,23,25-26,28,31-34H2,1-7H3/t35?,38?,42-,47+,50-/m0/s1. The third-order valence-electron chi connectivity index (χ3n) is 13.0. The highest BCUT2D eigenvalue weighted by Crippen LogP contribution is 2.47. The van der Waals surface area contributed by atoms with Crippen LogP contribution in [0.4, 0.5) is 5.69 Å². The Morgan fingerprint density at radius 1 is 0.875 bits per heavy atom. The number of sulfonamides is 1. The summed E-state index contributed by atoms with van der Waals surface area (Å²) in [7, 11) is 1.33. The summed E-state index contributed by atoms with van der Waals surface area (Å²) in [6, 6.07) is 26.9. The van der Waals surface area contributed by atoms with E-state index in [1.165, 1.54) is 16.7 Å². The number of anilines is 1. The van der Waals surface area contributed by atoms with Gasteiger partial charge in [-0.25, -0.2) is 13.2 Å². The molecular weight excluding hydrogens is 848 g/mol. The summed E-state index contributed by atoms with van der Waals surface area (Å²) in [6.45, 7) is 9.91. The average Bonchev–Trinajstić information content (AvgIpc) is 3.28. The van der Waals surface area contributed by atoms with Gasteiger partial charge in [-0.1, -0.05) is 48.0 Å². The number of halogens is 1. The van der Waals surface area contributed by atoms with Gasteiger partial charge >= 0.3 is 5.97 Å². The van der Waals surface area contributed by atoms with E-state index in [9.17, 15) is 13.2 Å². The second kappa shape index (κ2) is 20.7. The summed E-state index contributed by atoms with van der Waals surface area (Å²) < 4.78 is 59.7. The second-order valence-corrected chi connectivity index (χ2v) is 21.5. The fourth-order valence-corrected chi connectivity index (χ4v) is 11.2. The molecule has 0 radical (unpaired) electrons. The molecule has 4 aromatic carbocycles. The van der Waals surface area contributed by atoms with Gasteiger partial charge in [0.05, 0.1) is 43.4 Å². The van der Waals surface area contributed by atoms with Crippen molar-refractivity contribution in [3.05, 3.63) is 129 Å². The number of benzene rings is 4. The maximum atomic E-state index is 14.4. The van der Waals surface area contributed by atoms with Gasteiger partial charge in [-0.15, -0.1) is 0 Å². The molecule has 1 aliphatic heterocycles. The van der Waals surface area contributed by atoms with Crippen molar-refractivity contribution in [2.45, 2.75) is 109 Å². The summed E-state index contributed by atoms with van der Waals surface area (Å²) >= 11 is 6.54. The Kier molecular flexibility index (Phi) is 15.4. The molecule has 64 heavy (non-hydrogen) atoms. The van der Waals surface area contributed by atoms with E-state index >= 15 is 0 Å². The molecule has 5 atom stereocenters. The molecule has 12 heteroatoms. The number of carbonyl (C=O) groups excluding carboxylic acids is 1. The van der Waals surface area contributed by atoms with Gasteiger partial charge < -0.3 is 28.6 Å². The predicted octanol–water partition coefficient (Wildman–Crippen LogP) is 10.8. The molecule has 3 aliphatic rings. The van der Waals surface area contributed by atoms with Crippen LogP contribution in [0.5, 0.6) is 17.2 Å². The maximum Gasteiger partial charge on any atom is 0.338 e. The lowest BCUT2D eigenvalue weighted by Crippen LogP contribution is -2.46. The molecule has 0 N–H and O–H groups in total. The number of carbonyl (C=O) groups is 1. The number of esters is 1. The topological polar surface area (TPSA) is 104 Å². The molecule has 0 spiro atoms. The lowest BCUT2D eigenvalue weighted by molar-refractivity contribution is 0.000573. The number of ether oxygens (including phenoxy) is 5. The average molecular weight is 914 g/mol. The minimum Gasteiger partial charge on any atom is -0.497 e. The van der Waals surface area contributed by atoms with Crippen LogP contribution in [0.25, 0.3) is 0 Å². The van der Waals surface area contributed by atoms with Gasteiger partial charge in [0.1, 0.15) is 22.8 Å². The zero-order chi connectivity index (χ0) is 45.6. The number of hydrogen-bond donors (Lipinski definition) is 0. The minimum atomic E-state index is -3.70. The largest absolute Gasteiger partial charge is 0.497 e. The van der Waals surface area contributed by atoms with Crippen molar-refractivity contribution >= 4 is 33.3 Å². The normalized spacial score (nSPS) is 19.9. The van der Waals surface area contributed by atoms with Crippen molar-refractivity contribution in [3.63, 3.8) is 0 Å². The van der Waals surface area contributed by atoms with Crippen molar-refractivity contribution in [1.29, 1.82) is 0 Å². The Morgan fingerprint density at radius 2 is 1.53 bits per heavy atom. The number of hydrogen-bond acceptors (Lipinski definition) is 9. The molecule has 10 nitrogen and oxygen atoms in total. The molecule has 7 rings (SSSR count). The van der Waals surface area contributed by atoms with Crippen LogP contribution < -0.4 is 19.1 Å². The Labute approximate surface area is 385 Å². The Bertz CT molecular complexity index is 2310. The Morgan fingerprint density at radius 3 is 2.11 bits per heavy atom. The minimum absolute atomic E-state index is 0.0672. The van der Waals surface area contributed by atoms with Crippen molar-refractivity contribution in [2.24, 2.45) is 17.8 Å². The first-order valence-electron chi connectivity index (χ1n) is 22.6. The van der Waals surface area contributed by atoms with E-state index in [1.807, 2.05) is 94.4 Å². The van der Waals surface area contributed by atoms with E-state index in [2.05, 4.69) is 23.1 Å². The van der Waals surface area contributed by atoms with Gasteiger partial charge in [-0.2, -0.15) is 4.31 Å². The smallest absolute Gasteiger partial charge is 0.338 e. The number of methoxy groups -OCH3 is 3. The van der Waals surface area contributed by atoms with Crippen LogP contribution in [-0.4, -0.2) is 70.1 Å². The van der Waals surface area contributed by atoms with Gasteiger partial charge in [0, 0.05) is 38.3 Å². The molecule has 2 unspecified atom stereocenters. The van der Waals surface area contributed by atoms with E-state index in [0.29, 0.717) is 31.1 Å². The summed E-state index contributed by atoms with van der Waals surface area (Å²) in [5, 5.41) is 0.129. The van der Waals surface area contributed by atoms with Crippen LogP contribution in [0, 0.1) is 17.8 Å². The highest BCUT2D eigenvalue weighted by atomic mass is 35.5. The van der Waals surface area contributed by atoms with Crippen molar-refractivity contribution in [2.75, 3.05) is 39.4 Å². The van der Waals surface area contributed by atoms with E-state index in [0.717, 1.165) is 84.2 Å². The van der Waals surface area contributed by atoms with Crippen LogP contribution in [0.1, 0.15) is 98.8 Å². The van der Waals surface area contributed by atoms with Crippen molar-refractivity contribution < 1.29 is 36.9 Å². The first-order chi connectivity index (χ1) is 30.6. The van der Waals surface area contributed by atoms with E-state index in [1.54, 1.807) is 31.7 Å². The van der Waals surface area contributed by atoms with E-state index in [-0.39, 0.29) is 37.0 Å². The fourth-order valence-electron chi connectivity index (χ4n) is 9.33. The zero-order valence-electron chi connectivity index (χ0n) is 38.5. The summed E-state index contributed by atoms with van der Waals surface area (Å²) in [5.41, 5.74) is 6.19. The molecular formula is C52H65ClN2O8S. The molecule has 0 bridgehead atoms. The molecule has 0 aromatic heterocycles. The first-order valence-corrected chi connectivity index (χ1v) is 24.5. The third-order valence-corrected chi connectivity index (χ3v) is 15.4. The van der Waals surface area contributed by atoms with Gasteiger partial charge in [0.25, 0.3) is 0 Å². The second-order valence-electron chi connectivity index (χ2n) is 18.7. The number of fused-ring (bicyclic) bond motifs is 2. The Balaban J connectivity index is 1.08. The van der Waals surface area contributed by atoms with Crippen LogP contribution in [0.3, 0.4) is 0 Å². The molecule has 344 valence electrons. The van der Waals surface area contributed by atoms with Crippen LogP contribution >= 0.6 is 11.6 Å². The fraction of sp³-hybridized carbons (Fsp3) is 0.481. The van der Waals surface area contributed by atoms with Gasteiger partial charge in [0.2, 0.25) is 10.0 Å². The molecule has 0 saturated heterocycles. The SMILES string of the molecule is COc1ccc(CN(Cc2ccc(OC)cc2)S(=O)(=O)C(C)CC2C=C([C@H](OC)[C@@H]3CC[C@H]3CN3Cc4ccc(Cl)cc4CCCCOc4ccc(C(=O)OC(C)(C)C)cc43)C2)cc1. The predicted molar refractivity (Wildman–Crippen MR) is 254 cm³/mol. The number of allylic oxidation sites excluding steroid dienone is 1. The molecule has 1 heterocycles. The highest BCUT2D eigenvalue weighted by molar-refractivity contribution is 7.89. The van der Waals surface area contributed by atoms with Gasteiger partial charge in [-0.05, 0) is 173 Å². The molecule has 2 aliphatic carbocycles. The third kappa shape index (κ3) is 11.6. The summed E-state index contributed by atoms with van der Waals surface area (Å²) in [5.74, 6) is 2.56.